The van der Waals surface area contributed by atoms with E-state index >= 15 is 0 Å². The molecule has 0 bridgehead atoms. The minimum absolute atomic E-state index is 0.310. The molecule has 1 aliphatic carbocycles. The molecule has 1 aliphatic rings. The van der Waals surface area contributed by atoms with Crippen molar-refractivity contribution in [1.29, 1.82) is 0 Å². The van der Waals surface area contributed by atoms with E-state index in [0.29, 0.717) is 31.1 Å². The maximum Gasteiger partial charge on any atom is 0.191 e. The SMILES string of the molecule is CCNC(=NCCOCc1cccc(Cl)c1)NC1CCCC(S(=O)CC)C1. The van der Waals surface area contributed by atoms with Gasteiger partial charge in [0.2, 0.25) is 0 Å². The van der Waals surface area contributed by atoms with Crippen LogP contribution in [-0.2, 0) is 22.1 Å². The molecule has 7 heteroatoms. The van der Waals surface area contributed by atoms with E-state index in [1.807, 2.05) is 31.2 Å². The van der Waals surface area contributed by atoms with E-state index in [0.717, 1.165) is 54.5 Å². The molecule has 0 spiro atoms. The second-order valence-electron chi connectivity index (χ2n) is 6.74. The van der Waals surface area contributed by atoms with E-state index in [9.17, 15) is 4.21 Å². The van der Waals surface area contributed by atoms with E-state index in [2.05, 4.69) is 22.5 Å². The molecule has 27 heavy (non-hydrogen) atoms. The summed E-state index contributed by atoms with van der Waals surface area (Å²) in [7, 11) is -0.710. The maximum atomic E-state index is 12.1. The minimum Gasteiger partial charge on any atom is -0.375 e. The zero-order valence-corrected chi connectivity index (χ0v) is 18.0. The van der Waals surface area contributed by atoms with Crippen molar-refractivity contribution in [3.05, 3.63) is 34.9 Å². The molecule has 3 unspecified atom stereocenters. The fourth-order valence-corrected chi connectivity index (χ4v) is 4.86. The van der Waals surface area contributed by atoms with Crippen LogP contribution in [0.1, 0.15) is 45.1 Å². The molecule has 3 atom stereocenters. The molecule has 0 saturated heterocycles. The molecule has 1 saturated carbocycles. The highest BCUT2D eigenvalue weighted by molar-refractivity contribution is 7.85. The summed E-state index contributed by atoms with van der Waals surface area (Å²) in [6.45, 7) is 6.55. The Morgan fingerprint density at radius 2 is 2.22 bits per heavy atom. The van der Waals surface area contributed by atoms with E-state index in [-0.39, 0.29) is 0 Å². The van der Waals surface area contributed by atoms with Crippen LogP contribution in [0.25, 0.3) is 0 Å². The van der Waals surface area contributed by atoms with Crippen molar-refractivity contribution in [3.63, 3.8) is 0 Å². The van der Waals surface area contributed by atoms with Crippen LogP contribution in [-0.4, -0.2) is 46.9 Å². The van der Waals surface area contributed by atoms with Crippen molar-refractivity contribution in [2.24, 2.45) is 4.99 Å². The highest BCUT2D eigenvalue weighted by Gasteiger charge is 2.25. The Bertz CT molecular complexity index is 627. The molecule has 1 fully saturated rings. The number of nitrogens with one attached hydrogen (secondary N) is 2. The minimum atomic E-state index is -0.710. The predicted molar refractivity (Wildman–Crippen MR) is 115 cm³/mol. The highest BCUT2D eigenvalue weighted by Crippen LogP contribution is 2.23. The van der Waals surface area contributed by atoms with Crippen molar-refractivity contribution in [3.8, 4) is 0 Å². The molecule has 2 rings (SSSR count). The van der Waals surface area contributed by atoms with Crippen molar-refractivity contribution in [1.82, 2.24) is 10.6 Å². The lowest BCUT2D eigenvalue weighted by atomic mass is 9.95. The highest BCUT2D eigenvalue weighted by atomic mass is 35.5. The monoisotopic (exact) mass is 413 g/mol. The summed E-state index contributed by atoms with van der Waals surface area (Å²) in [6.07, 6.45) is 4.25. The molecule has 0 heterocycles. The van der Waals surface area contributed by atoms with Gasteiger partial charge in [-0.3, -0.25) is 9.20 Å². The third kappa shape index (κ3) is 8.20. The number of hydrogen-bond donors (Lipinski definition) is 2. The number of nitrogens with zero attached hydrogens (tertiary/aromatic N) is 1. The van der Waals surface area contributed by atoms with Gasteiger partial charge in [0.1, 0.15) is 0 Å². The van der Waals surface area contributed by atoms with Crippen molar-refractivity contribution in [2.45, 2.75) is 57.4 Å². The number of rotatable bonds is 9. The summed E-state index contributed by atoms with van der Waals surface area (Å²) < 4.78 is 17.8. The van der Waals surface area contributed by atoms with E-state index < -0.39 is 10.8 Å². The van der Waals surface area contributed by atoms with E-state index in [1.165, 1.54) is 0 Å². The lowest BCUT2D eigenvalue weighted by Crippen LogP contribution is -2.46. The standard InChI is InChI=1S/C20H32ClN3O2S/c1-3-22-20(24-18-9-6-10-19(14-18)27(25)4-2)23-11-12-26-15-16-7-5-8-17(21)13-16/h5,7-8,13,18-19H,3-4,6,9-12,14-15H2,1-2H3,(H2,22,23,24). The molecule has 0 aromatic heterocycles. The Balaban J connectivity index is 1.77. The van der Waals surface area contributed by atoms with Gasteiger partial charge in [-0.05, 0) is 43.9 Å². The third-order valence-corrected chi connectivity index (χ3v) is 6.61. The second kappa shape index (κ2) is 12.4. The first-order valence-corrected chi connectivity index (χ1v) is 11.6. The van der Waals surface area contributed by atoms with Gasteiger partial charge in [0.25, 0.3) is 0 Å². The Morgan fingerprint density at radius 1 is 1.37 bits per heavy atom. The molecular weight excluding hydrogens is 382 g/mol. The molecule has 1 aromatic carbocycles. The van der Waals surface area contributed by atoms with Gasteiger partial charge in [-0.25, -0.2) is 0 Å². The summed E-state index contributed by atoms with van der Waals surface area (Å²) >= 11 is 5.98. The van der Waals surface area contributed by atoms with Gasteiger partial charge in [0.15, 0.2) is 5.96 Å². The Morgan fingerprint density at radius 3 is 2.96 bits per heavy atom. The zero-order chi connectivity index (χ0) is 19.5. The molecule has 0 radical (unpaired) electrons. The number of hydrogen-bond acceptors (Lipinski definition) is 3. The number of benzene rings is 1. The van der Waals surface area contributed by atoms with Gasteiger partial charge in [-0.2, -0.15) is 0 Å². The molecular formula is C20H32ClN3O2S. The Kier molecular flexibility index (Phi) is 10.2. The fraction of sp³-hybridized carbons (Fsp3) is 0.650. The topological polar surface area (TPSA) is 62.7 Å². The van der Waals surface area contributed by atoms with Crippen LogP contribution in [0, 0.1) is 0 Å². The molecule has 152 valence electrons. The van der Waals surface area contributed by atoms with Gasteiger partial charge < -0.3 is 15.4 Å². The largest absolute Gasteiger partial charge is 0.375 e. The van der Waals surface area contributed by atoms with Crippen molar-refractivity contribution >= 4 is 28.4 Å². The number of ether oxygens (including phenoxy) is 1. The maximum absolute atomic E-state index is 12.1. The van der Waals surface area contributed by atoms with Gasteiger partial charge in [-0.15, -0.1) is 0 Å². The quantitative estimate of drug-likeness (QED) is 0.369. The van der Waals surface area contributed by atoms with Crippen LogP contribution in [0.5, 0.6) is 0 Å². The lowest BCUT2D eigenvalue weighted by molar-refractivity contribution is 0.128. The van der Waals surface area contributed by atoms with Gasteiger partial charge in [0.05, 0.1) is 19.8 Å². The summed E-state index contributed by atoms with van der Waals surface area (Å²) in [5.74, 6) is 1.56. The fourth-order valence-electron chi connectivity index (χ4n) is 3.30. The van der Waals surface area contributed by atoms with Crippen molar-refractivity contribution < 1.29 is 8.95 Å². The van der Waals surface area contributed by atoms with Crippen LogP contribution < -0.4 is 10.6 Å². The van der Waals surface area contributed by atoms with Gasteiger partial charge in [-0.1, -0.05) is 37.1 Å². The Hall–Kier alpha value is -1.11. The predicted octanol–water partition coefficient (Wildman–Crippen LogP) is 3.49. The summed E-state index contributed by atoms with van der Waals surface area (Å²) in [5.41, 5.74) is 1.06. The summed E-state index contributed by atoms with van der Waals surface area (Å²) in [6, 6.07) is 8.03. The van der Waals surface area contributed by atoms with Gasteiger partial charge >= 0.3 is 0 Å². The van der Waals surface area contributed by atoms with E-state index in [4.69, 9.17) is 16.3 Å². The third-order valence-electron chi connectivity index (χ3n) is 4.63. The summed E-state index contributed by atoms with van der Waals surface area (Å²) in [4.78, 5) is 4.61. The number of aliphatic imine (C=N–C) groups is 1. The van der Waals surface area contributed by atoms with Crippen LogP contribution in [0.15, 0.2) is 29.3 Å². The number of halogens is 1. The molecule has 0 aliphatic heterocycles. The van der Waals surface area contributed by atoms with Crippen molar-refractivity contribution in [2.75, 3.05) is 25.4 Å². The zero-order valence-electron chi connectivity index (χ0n) is 16.4. The van der Waals surface area contributed by atoms with Crippen LogP contribution in [0.3, 0.4) is 0 Å². The number of guanidine groups is 1. The van der Waals surface area contributed by atoms with Gasteiger partial charge in [0, 0.05) is 39.4 Å². The average molecular weight is 414 g/mol. The lowest BCUT2D eigenvalue weighted by Gasteiger charge is -2.30. The average Bonchev–Trinajstić information content (AvgIpc) is 2.67. The molecule has 5 nitrogen and oxygen atoms in total. The first-order valence-electron chi connectivity index (χ1n) is 9.86. The van der Waals surface area contributed by atoms with Crippen LogP contribution in [0.2, 0.25) is 5.02 Å². The Labute approximate surface area is 170 Å². The first kappa shape index (κ1) is 22.2. The second-order valence-corrected chi connectivity index (χ2v) is 9.18. The van der Waals surface area contributed by atoms with Crippen LogP contribution >= 0.6 is 11.6 Å². The summed E-state index contributed by atoms with van der Waals surface area (Å²) in [5, 5.41) is 7.84. The molecule has 0 amide bonds. The van der Waals surface area contributed by atoms with Crippen LogP contribution in [0.4, 0.5) is 0 Å². The normalized spacial score (nSPS) is 21.7. The van der Waals surface area contributed by atoms with E-state index in [1.54, 1.807) is 0 Å². The molecule has 1 aromatic rings. The molecule has 2 N–H and O–H groups in total. The first-order chi connectivity index (χ1) is 13.1. The smallest absolute Gasteiger partial charge is 0.191 e.